The standard InChI is InChI=1S/C19H21N5O2/c1-10-17-13(19(26)22-15-4-2-3-14(15)20)9-16(21-18(17)24-23-10)11-5-7-12(25)8-6-11/h5-9,14-15,25H,2-4,20H2,1H3,(H,22,26)(H,21,23,24)/t14-,15-/m1/s1. The lowest BCUT2D eigenvalue weighted by atomic mass is 10.0. The van der Waals surface area contributed by atoms with E-state index in [1.54, 1.807) is 30.3 Å². The minimum absolute atomic E-state index is 0.00158. The average molecular weight is 351 g/mol. The van der Waals surface area contributed by atoms with E-state index in [1.165, 1.54) is 0 Å². The lowest BCUT2D eigenvalue weighted by Gasteiger charge is -2.18. The monoisotopic (exact) mass is 351 g/mol. The molecule has 134 valence electrons. The first-order valence-electron chi connectivity index (χ1n) is 8.74. The van der Waals surface area contributed by atoms with E-state index >= 15 is 0 Å². The molecule has 0 saturated heterocycles. The quantitative estimate of drug-likeness (QED) is 0.577. The Morgan fingerprint density at radius 2 is 2.08 bits per heavy atom. The summed E-state index contributed by atoms with van der Waals surface area (Å²) in [4.78, 5) is 17.5. The molecule has 4 rings (SSSR count). The van der Waals surface area contributed by atoms with Crippen LogP contribution in [0.25, 0.3) is 22.3 Å². The Labute approximate surface area is 150 Å². The van der Waals surface area contributed by atoms with Crippen LogP contribution in [-0.4, -0.2) is 38.3 Å². The predicted molar refractivity (Wildman–Crippen MR) is 98.8 cm³/mol. The van der Waals surface area contributed by atoms with Crippen LogP contribution in [0.5, 0.6) is 5.75 Å². The number of aromatic hydroxyl groups is 1. The maximum absolute atomic E-state index is 13.0. The molecule has 0 spiro atoms. The zero-order valence-corrected chi connectivity index (χ0v) is 14.5. The summed E-state index contributed by atoms with van der Waals surface area (Å²) in [5, 5.41) is 20.4. The van der Waals surface area contributed by atoms with Crippen molar-refractivity contribution in [3.63, 3.8) is 0 Å². The Hall–Kier alpha value is -2.93. The SMILES string of the molecule is Cc1[nH]nc2nc(-c3ccc(O)cc3)cc(C(=O)N[C@@H]3CCC[C@H]3N)c12. The fourth-order valence-corrected chi connectivity index (χ4v) is 3.55. The molecule has 0 radical (unpaired) electrons. The Morgan fingerprint density at radius 1 is 1.31 bits per heavy atom. The number of H-pyrrole nitrogens is 1. The zero-order chi connectivity index (χ0) is 18.3. The second kappa shape index (κ2) is 6.42. The van der Waals surface area contributed by atoms with Gasteiger partial charge < -0.3 is 16.2 Å². The number of nitrogens with two attached hydrogens (primary N) is 1. The normalized spacial score (nSPS) is 19.8. The number of carbonyl (C=O) groups is 1. The maximum Gasteiger partial charge on any atom is 0.252 e. The Kier molecular flexibility index (Phi) is 4.08. The second-order valence-electron chi connectivity index (χ2n) is 6.82. The maximum atomic E-state index is 13.0. The highest BCUT2D eigenvalue weighted by atomic mass is 16.3. The molecule has 7 nitrogen and oxygen atoms in total. The number of rotatable bonds is 3. The highest BCUT2D eigenvalue weighted by Gasteiger charge is 2.27. The van der Waals surface area contributed by atoms with Crippen molar-refractivity contribution in [3.05, 3.63) is 41.6 Å². The van der Waals surface area contributed by atoms with E-state index in [0.717, 1.165) is 35.9 Å². The number of benzene rings is 1. The van der Waals surface area contributed by atoms with Gasteiger partial charge in [0.2, 0.25) is 0 Å². The van der Waals surface area contributed by atoms with Gasteiger partial charge in [0.1, 0.15) is 5.75 Å². The number of amides is 1. The molecule has 1 amide bonds. The molecule has 0 aliphatic heterocycles. The fraction of sp³-hybridized carbons (Fsp3) is 0.316. The number of nitrogens with zero attached hydrogens (tertiary/aromatic N) is 2. The zero-order valence-electron chi connectivity index (χ0n) is 14.5. The van der Waals surface area contributed by atoms with Crippen molar-refractivity contribution in [2.45, 2.75) is 38.3 Å². The minimum atomic E-state index is -0.163. The smallest absolute Gasteiger partial charge is 0.252 e. The number of pyridine rings is 1. The summed E-state index contributed by atoms with van der Waals surface area (Å²) in [7, 11) is 0. The third-order valence-electron chi connectivity index (χ3n) is 5.00. The number of hydrogen-bond donors (Lipinski definition) is 4. The van der Waals surface area contributed by atoms with E-state index in [2.05, 4.69) is 20.5 Å². The second-order valence-corrected chi connectivity index (χ2v) is 6.82. The van der Waals surface area contributed by atoms with E-state index in [0.29, 0.717) is 16.9 Å². The molecule has 1 aliphatic carbocycles. The number of hydrogen-bond acceptors (Lipinski definition) is 5. The molecule has 1 aromatic carbocycles. The van der Waals surface area contributed by atoms with Crippen molar-refractivity contribution < 1.29 is 9.90 Å². The Bertz CT molecular complexity index is 964. The van der Waals surface area contributed by atoms with Gasteiger partial charge in [-0.15, -0.1) is 0 Å². The number of aromatic amines is 1. The average Bonchev–Trinajstić information content (AvgIpc) is 3.21. The molecule has 2 aromatic heterocycles. The summed E-state index contributed by atoms with van der Waals surface area (Å²) in [5.41, 5.74) is 9.35. The third-order valence-corrected chi connectivity index (χ3v) is 5.00. The number of carbonyl (C=O) groups excluding carboxylic acids is 1. The minimum Gasteiger partial charge on any atom is -0.508 e. The lowest BCUT2D eigenvalue weighted by Crippen LogP contribution is -2.44. The van der Waals surface area contributed by atoms with Crippen molar-refractivity contribution >= 4 is 16.9 Å². The molecule has 1 fully saturated rings. The van der Waals surface area contributed by atoms with Crippen LogP contribution in [0.3, 0.4) is 0 Å². The molecular formula is C19H21N5O2. The van der Waals surface area contributed by atoms with Crippen LogP contribution in [0.15, 0.2) is 30.3 Å². The molecule has 3 aromatic rings. The van der Waals surface area contributed by atoms with Crippen molar-refractivity contribution in [3.8, 4) is 17.0 Å². The van der Waals surface area contributed by atoms with Crippen LogP contribution in [0, 0.1) is 6.92 Å². The van der Waals surface area contributed by atoms with Crippen molar-refractivity contribution in [1.29, 1.82) is 0 Å². The third kappa shape index (κ3) is 2.90. The highest BCUT2D eigenvalue weighted by molar-refractivity contribution is 6.07. The van der Waals surface area contributed by atoms with Gasteiger partial charge in [-0.3, -0.25) is 9.89 Å². The van der Waals surface area contributed by atoms with Gasteiger partial charge in [-0.2, -0.15) is 5.10 Å². The number of nitrogens with one attached hydrogen (secondary N) is 2. The first-order chi connectivity index (χ1) is 12.5. The molecule has 0 unspecified atom stereocenters. The van der Waals surface area contributed by atoms with Gasteiger partial charge in [0.25, 0.3) is 5.91 Å². The number of phenols is 1. The van der Waals surface area contributed by atoms with Gasteiger partial charge in [-0.25, -0.2) is 4.98 Å². The van der Waals surface area contributed by atoms with E-state index in [1.807, 2.05) is 6.92 Å². The first kappa shape index (κ1) is 16.5. The van der Waals surface area contributed by atoms with Gasteiger partial charge in [0.15, 0.2) is 5.65 Å². The van der Waals surface area contributed by atoms with Gasteiger partial charge in [-0.1, -0.05) is 0 Å². The van der Waals surface area contributed by atoms with E-state index in [-0.39, 0.29) is 23.7 Å². The van der Waals surface area contributed by atoms with Gasteiger partial charge in [-0.05, 0) is 56.5 Å². The topological polar surface area (TPSA) is 117 Å². The number of phenolic OH excluding ortho intramolecular Hbond substituents is 1. The molecule has 7 heteroatoms. The highest BCUT2D eigenvalue weighted by Crippen LogP contribution is 2.27. The summed E-state index contributed by atoms with van der Waals surface area (Å²) >= 11 is 0. The predicted octanol–water partition coefficient (Wildman–Crippen LogP) is 2.25. The molecule has 1 saturated carbocycles. The van der Waals surface area contributed by atoms with Gasteiger partial charge in [0.05, 0.1) is 16.6 Å². The largest absolute Gasteiger partial charge is 0.508 e. The lowest BCUT2D eigenvalue weighted by molar-refractivity contribution is 0.0936. The van der Waals surface area contributed by atoms with Crippen LogP contribution < -0.4 is 11.1 Å². The Morgan fingerprint density at radius 3 is 2.77 bits per heavy atom. The Balaban J connectivity index is 1.77. The number of aromatic nitrogens is 3. The van der Waals surface area contributed by atoms with Crippen LogP contribution in [-0.2, 0) is 0 Å². The van der Waals surface area contributed by atoms with Crippen LogP contribution >= 0.6 is 0 Å². The summed E-state index contributed by atoms with van der Waals surface area (Å²) < 4.78 is 0. The summed E-state index contributed by atoms with van der Waals surface area (Å²) in [5.74, 6) is 0.0166. The van der Waals surface area contributed by atoms with E-state index < -0.39 is 0 Å². The molecule has 0 bridgehead atoms. The van der Waals surface area contributed by atoms with Crippen LogP contribution in [0.2, 0.25) is 0 Å². The number of aryl methyl sites for hydroxylation is 1. The first-order valence-corrected chi connectivity index (χ1v) is 8.74. The summed E-state index contributed by atoms with van der Waals surface area (Å²) in [6, 6.07) is 8.47. The van der Waals surface area contributed by atoms with Crippen LogP contribution in [0.4, 0.5) is 0 Å². The molecule has 2 heterocycles. The van der Waals surface area contributed by atoms with Crippen molar-refractivity contribution in [2.75, 3.05) is 0 Å². The van der Waals surface area contributed by atoms with E-state index in [9.17, 15) is 9.90 Å². The summed E-state index contributed by atoms with van der Waals surface area (Å²) in [6.45, 7) is 1.87. The van der Waals surface area contributed by atoms with E-state index in [4.69, 9.17) is 5.73 Å². The summed E-state index contributed by atoms with van der Waals surface area (Å²) in [6.07, 6.45) is 2.86. The molecular weight excluding hydrogens is 330 g/mol. The van der Waals surface area contributed by atoms with Crippen LogP contribution in [0.1, 0.15) is 35.3 Å². The molecule has 5 N–H and O–H groups in total. The molecule has 26 heavy (non-hydrogen) atoms. The van der Waals surface area contributed by atoms with Gasteiger partial charge >= 0.3 is 0 Å². The van der Waals surface area contributed by atoms with Crippen molar-refractivity contribution in [1.82, 2.24) is 20.5 Å². The molecule has 2 atom stereocenters. The fourth-order valence-electron chi connectivity index (χ4n) is 3.55. The molecule has 1 aliphatic rings. The van der Waals surface area contributed by atoms with Gasteiger partial charge in [0, 0.05) is 23.3 Å². The van der Waals surface area contributed by atoms with Crippen molar-refractivity contribution in [2.24, 2.45) is 5.73 Å². The number of fused-ring (bicyclic) bond motifs is 1.